The molecule has 0 aromatic heterocycles. The van der Waals surface area contributed by atoms with Crippen molar-refractivity contribution >= 4 is 21.5 Å². The standard InChI is InChI=1S/C18H23N3O4S/c19-26(24)9-5-18(6-10-26)12-21(7-8-25-18)17(23)15-11-20-16(22)14-4-2-1-3-13(14)15/h1-4,15,19H,5-12H2,(H,20,22). The van der Waals surface area contributed by atoms with Gasteiger partial charge in [-0.3, -0.25) is 14.4 Å². The van der Waals surface area contributed by atoms with E-state index in [1.807, 2.05) is 17.0 Å². The number of nitrogens with zero attached hydrogens (tertiary/aromatic N) is 1. The van der Waals surface area contributed by atoms with Crippen LogP contribution >= 0.6 is 0 Å². The molecule has 7 nitrogen and oxygen atoms in total. The zero-order valence-electron chi connectivity index (χ0n) is 14.5. The summed E-state index contributed by atoms with van der Waals surface area (Å²) in [6.45, 7) is 1.74. The fourth-order valence-corrected chi connectivity index (χ4v) is 5.72. The van der Waals surface area contributed by atoms with Crippen molar-refractivity contribution in [3.05, 3.63) is 35.4 Å². The highest BCUT2D eigenvalue weighted by Crippen LogP contribution is 2.33. The molecule has 0 saturated carbocycles. The second-order valence-electron chi connectivity index (χ2n) is 7.36. The molecule has 1 atom stereocenters. The van der Waals surface area contributed by atoms with E-state index in [4.69, 9.17) is 9.52 Å². The lowest BCUT2D eigenvalue weighted by Gasteiger charge is -2.46. The molecule has 2 saturated heterocycles. The summed E-state index contributed by atoms with van der Waals surface area (Å²) in [7, 11) is -2.49. The van der Waals surface area contributed by atoms with Crippen LogP contribution < -0.4 is 5.32 Å². The van der Waals surface area contributed by atoms with Crippen molar-refractivity contribution < 1.29 is 18.5 Å². The zero-order chi connectivity index (χ0) is 18.4. The van der Waals surface area contributed by atoms with E-state index in [2.05, 4.69) is 5.32 Å². The lowest BCUT2D eigenvalue weighted by Crippen LogP contribution is -2.58. The van der Waals surface area contributed by atoms with Crippen molar-refractivity contribution in [2.75, 3.05) is 37.7 Å². The number of ether oxygens (including phenoxy) is 1. The molecule has 3 heterocycles. The maximum atomic E-state index is 13.2. The van der Waals surface area contributed by atoms with Crippen molar-refractivity contribution in [2.24, 2.45) is 0 Å². The molecule has 2 N–H and O–H groups in total. The number of fused-ring (bicyclic) bond motifs is 1. The zero-order valence-corrected chi connectivity index (χ0v) is 15.3. The highest BCUT2D eigenvalue weighted by Gasteiger charge is 2.43. The van der Waals surface area contributed by atoms with Crippen LogP contribution in [0.15, 0.2) is 24.3 Å². The molecule has 0 bridgehead atoms. The van der Waals surface area contributed by atoms with E-state index < -0.39 is 15.3 Å². The van der Waals surface area contributed by atoms with Crippen LogP contribution in [-0.4, -0.2) is 64.3 Å². The molecule has 0 aliphatic carbocycles. The average Bonchev–Trinajstić information content (AvgIpc) is 2.65. The highest BCUT2D eigenvalue weighted by atomic mass is 32.2. The second kappa shape index (κ2) is 6.35. The third kappa shape index (κ3) is 3.12. The van der Waals surface area contributed by atoms with Gasteiger partial charge in [-0.2, -0.15) is 0 Å². The summed E-state index contributed by atoms with van der Waals surface area (Å²) in [6, 6.07) is 7.25. The molecule has 1 aromatic rings. The summed E-state index contributed by atoms with van der Waals surface area (Å²) in [5.74, 6) is 0.134. The number of rotatable bonds is 1. The van der Waals surface area contributed by atoms with Crippen molar-refractivity contribution in [1.29, 1.82) is 4.78 Å². The minimum absolute atomic E-state index is 0.00249. The van der Waals surface area contributed by atoms with E-state index in [0.717, 1.165) is 5.56 Å². The van der Waals surface area contributed by atoms with E-state index in [0.29, 0.717) is 56.2 Å². The minimum Gasteiger partial charge on any atom is -0.371 e. The Morgan fingerprint density at radius 1 is 1.31 bits per heavy atom. The highest BCUT2D eigenvalue weighted by molar-refractivity contribution is 7.92. The Labute approximate surface area is 153 Å². The van der Waals surface area contributed by atoms with E-state index in [1.165, 1.54) is 0 Å². The van der Waals surface area contributed by atoms with Crippen molar-refractivity contribution in [3.8, 4) is 0 Å². The first-order valence-corrected chi connectivity index (χ1v) is 10.8. The summed E-state index contributed by atoms with van der Waals surface area (Å²) >= 11 is 0. The Morgan fingerprint density at radius 2 is 2.04 bits per heavy atom. The summed E-state index contributed by atoms with van der Waals surface area (Å²) in [5.41, 5.74) is 0.860. The van der Waals surface area contributed by atoms with Crippen LogP contribution in [0.3, 0.4) is 0 Å². The number of hydrogen-bond acceptors (Lipinski definition) is 5. The monoisotopic (exact) mass is 377 g/mol. The Morgan fingerprint density at radius 3 is 2.81 bits per heavy atom. The lowest BCUT2D eigenvalue weighted by atomic mass is 9.88. The number of amides is 2. The number of nitrogens with one attached hydrogen (secondary N) is 2. The fourth-order valence-electron chi connectivity index (χ4n) is 4.11. The van der Waals surface area contributed by atoms with Gasteiger partial charge < -0.3 is 15.0 Å². The van der Waals surface area contributed by atoms with Crippen molar-refractivity contribution in [1.82, 2.24) is 10.2 Å². The molecule has 2 fully saturated rings. The first kappa shape index (κ1) is 17.5. The topological polar surface area (TPSA) is 99.6 Å². The SMILES string of the molecule is N=S1(=O)CCC2(CC1)CN(C(=O)C1CNC(=O)c3ccccc31)CCO2. The Balaban J connectivity index is 1.54. The van der Waals surface area contributed by atoms with E-state index in [-0.39, 0.29) is 17.7 Å². The maximum Gasteiger partial charge on any atom is 0.251 e. The Kier molecular flexibility index (Phi) is 4.27. The first-order valence-electron chi connectivity index (χ1n) is 8.93. The van der Waals surface area contributed by atoms with Crippen molar-refractivity contribution in [2.45, 2.75) is 24.4 Å². The molecule has 1 aromatic carbocycles. The molecule has 1 unspecified atom stereocenters. The Bertz CT molecular complexity index is 838. The molecule has 2 amide bonds. The van der Waals surface area contributed by atoms with Gasteiger partial charge in [-0.05, 0) is 24.5 Å². The molecule has 8 heteroatoms. The number of carbonyl (C=O) groups is 2. The Hall–Kier alpha value is -1.93. The van der Waals surface area contributed by atoms with Crippen molar-refractivity contribution in [3.63, 3.8) is 0 Å². The largest absolute Gasteiger partial charge is 0.371 e. The summed E-state index contributed by atoms with van der Waals surface area (Å²) in [6.07, 6.45) is 1.11. The quantitative estimate of drug-likeness (QED) is 0.761. The van der Waals surface area contributed by atoms with Gasteiger partial charge in [0.25, 0.3) is 5.91 Å². The molecule has 3 aliphatic heterocycles. The number of benzene rings is 1. The summed E-state index contributed by atoms with van der Waals surface area (Å²) in [5, 5.41) is 2.81. The van der Waals surface area contributed by atoms with E-state index in [9.17, 15) is 13.8 Å². The van der Waals surface area contributed by atoms with Gasteiger partial charge in [0.1, 0.15) is 0 Å². The molecule has 4 rings (SSSR count). The normalized spacial score (nSPS) is 34.2. The smallest absolute Gasteiger partial charge is 0.251 e. The lowest BCUT2D eigenvalue weighted by molar-refractivity contribution is -0.153. The van der Waals surface area contributed by atoms with Gasteiger partial charge in [0, 0.05) is 46.4 Å². The second-order valence-corrected chi connectivity index (χ2v) is 9.80. The molecule has 26 heavy (non-hydrogen) atoms. The van der Waals surface area contributed by atoms with Gasteiger partial charge in [0.15, 0.2) is 0 Å². The maximum absolute atomic E-state index is 13.2. The van der Waals surface area contributed by atoms with Crippen LogP contribution in [-0.2, 0) is 19.3 Å². The third-order valence-electron chi connectivity index (χ3n) is 5.68. The van der Waals surface area contributed by atoms with Crippen LogP contribution in [0, 0.1) is 4.78 Å². The molecular formula is C18H23N3O4S. The number of hydrogen-bond donors (Lipinski definition) is 2. The van der Waals surface area contributed by atoms with Crippen LogP contribution in [0.25, 0.3) is 0 Å². The van der Waals surface area contributed by atoms with Gasteiger partial charge in [0.05, 0.1) is 18.1 Å². The van der Waals surface area contributed by atoms with Gasteiger partial charge in [-0.25, -0.2) is 4.21 Å². The first-order chi connectivity index (χ1) is 12.4. The predicted octanol–water partition coefficient (Wildman–Crippen LogP) is 0.952. The number of carbonyl (C=O) groups excluding carboxylic acids is 2. The third-order valence-corrected chi connectivity index (χ3v) is 7.41. The van der Waals surface area contributed by atoms with E-state index in [1.54, 1.807) is 12.1 Å². The molecule has 0 radical (unpaired) electrons. The van der Waals surface area contributed by atoms with Gasteiger partial charge in [-0.1, -0.05) is 18.2 Å². The minimum atomic E-state index is -2.49. The molecule has 3 aliphatic rings. The van der Waals surface area contributed by atoms with Gasteiger partial charge in [-0.15, -0.1) is 0 Å². The van der Waals surface area contributed by atoms with Gasteiger partial charge >= 0.3 is 0 Å². The van der Waals surface area contributed by atoms with E-state index >= 15 is 0 Å². The summed E-state index contributed by atoms with van der Waals surface area (Å²) in [4.78, 5) is 27.1. The fraction of sp³-hybridized carbons (Fsp3) is 0.556. The van der Waals surface area contributed by atoms with Crippen LogP contribution in [0.2, 0.25) is 0 Å². The molecule has 1 spiro atoms. The van der Waals surface area contributed by atoms with Crippen LogP contribution in [0.4, 0.5) is 0 Å². The summed E-state index contributed by atoms with van der Waals surface area (Å²) < 4.78 is 25.7. The van der Waals surface area contributed by atoms with Crippen LogP contribution in [0.5, 0.6) is 0 Å². The molecule has 140 valence electrons. The average molecular weight is 377 g/mol. The number of morpholine rings is 1. The predicted molar refractivity (Wildman–Crippen MR) is 96.6 cm³/mol. The van der Waals surface area contributed by atoms with Gasteiger partial charge in [0.2, 0.25) is 5.91 Å². The van der Waals surface area contributed by atoms with Crippen LogP contribution in [0.1, 0.15) is 34.7 Å². The molecular weight excluding hydrogens is 354 g/mol.